The van der Waals surface area contributed by atoms with Gasteiger partial charge in [-0.1, -0.05) is 41.5 Å². The highest BCUT2D eigenvalue weighted by Crippen LogP contribution is 2.67. The Morgan fingerprint density at radius 3 is 2.16 bits per heavy atom. The largest absolute Gasteiger partial charge is 0.393 e. The molecular formula is C28H48O4. The molecule has 4 saturated carbocycles. The Balaban J connectivity index is 1.54. The lowest BCUT2D eigenvalue weighted by Gasteiger charge is -2.60. The number of carbonyl (C=O) groups is 1. The van der Waals surface area contributed by atoms with Gasteiger partial charge in [0.2, 0.25) is 0 Å². The van der Waals surface area contributed by atoms with Gasteiger partial charge in [-0.05, 0) is 97.2 Å². The molecule has 0 radical (unpaired) electrons. The molecule has 4 nitrogen and oxygen atoms in total. The zero-order valence-electron chi connectivity index (χ0n) is 21.3. The Bertz CT molecular complexity index is 706. The van der Waals surface area contributed by atoms with Crippen LogP contribution in [0.15, 0.2) is 0 Å². The number of Topliss-reactive ketones (excluding diaryl/α,β-unsaturated/α-hetero) is 1. The molecule has 0 heterocycles. The SMILES string of the molecule is CC(C)[C@H](C)[C@@H](O)[C@H](O)[C@@H](C)[C@H]1CC[C@H]2[C@@H]3CC(=O)[C@H]4C[C@H](O)CC[C@]4(C)[C@H]3CC[C@]12C. The summed E-state index contributed by atoms with van der Waals surface area (Å²) in [7, 11) is 0. The second-order valence-corrected chi connectivity index (χ2v) is 13.2. The number of aliphatic hydroxyl groups excluding tert-OH is 3. The summed E-state index contributed by atoms with van der Waals surface area (Å²) >= 11 is 0. The van der Waals surface area contributed by atoms with Crippen LogP contribution in [0.5, 0.6) is 0 Å². The minimum absolute atomic E-state index is 0.0440. The molecule has 0 saturated heterocycles. The van der Waals surface area contributed by atoms with Gasteiger partial charge in [0.25, 0.3) is 0 Å². The molecule has 12 atom stereocenters. The van der Waals surface area contributed by atoms with Crippen molar-refractivity contribution in [1.82, 2.24) is 0 Å². The van der Waals surface area contributed by atoms with Crippen LogP contribution in [-0.4, -0.2) is 39.4 Å². The van der Waals surface area contributed by atoms with Gasteiger partial charge in [-0.3, -0.25) is 4.79 Å². The van der Waals surface area contributed by atoms with E-state index in [0.29, 0.717) is 48.2 Å². The molecule has 4 aliphatic rings. The maximum absolute atomic E-state index is 13.3. The number of hydrogen-bond donors (Lipinski definition) is 3. The highest BCUT2D eigenvalue weighted by atomic mass is 16.3. The summed E-state index contributed by atoms with van der Waals surface area (Å²) in [6, 6.07) is 0. The van der Waals surface area contributed by atoms with Crippen molar-refractivity contribution in [3.05, 3.63) is 0 Å². The van der Waals surface area contributed by atoms with E-state index in [1.165, 1.54) is 0 Å². The Morgan fingerprint density at radius 2 is 1.50 bits per heavy atom. The van der Waals surface area contributed by atoms with E-state index in [4.69, 9.17) is 0 Å². The van der Waals surface area contributed by atoms with Gasteiger partial charge in [-0.15, -0.1) is 0 Å². The molecule has 0 aromatic carbocycles. The number of ketones is 1. The van der Waals surface area contributed by atoms with Gasteiger partial charge in [0.05, 0.1) is 18.3 Å². The number of aliphatic hydroxyl groups is 3. The molecule has 0 amide bonds. The molecule has 0 aromatic rings. The molecule has 0 bridgehead atoms. The van der Waals surface area contributed by atoms with Crippen LogP contribution in [0, 0.1) is 58.2 Å². The van der Waals surface area contributed by atoms with Crippen LogP contribution in [0.2, 0.25) is 0 Å². The van der Waals surface area contributed by atoms with Crippen LogP contribution in [-0.2, 0) is 4.79 Å². The van der Waals surface area contributed by atoms with Gasteiger partial charge in [-0.2, -0.15) is 0 Å². The third-order valence-corrected chi connectivity index (χ3v) is 11.6. The normalized spacial score (nSPS) is 47.9. The number of carbonyl (C=O) groups excluding carboxylic acids is 1. The lowest BCUT2D eigenvalue weighted by atomic mass is 9.44. The molecule has 0 spiro atoms. The zero-order valence-corrected chi connectivity index (χ0v) is 21.3. The average Bonchev–Trinajstić information content (AvgIpc) is 3.10. The third kappa shape index (κ3) is 3.71. The third-order valence-electron chi connectivity index (χ3n) is 11.6. The molecule has 32 heavy (non-hydrogen) atoms. The Hall–Kier alpha value is -0.450. The van der Waals surface area contributed by atoms with Crippen LogP contribution in [0.4, 0.5) is 0 Å². The first kappa shape index (κ1) is 24.7. The van der Waals surface area contributed by atoms with E-state index in [0.717, 1.165) is 38.5 Å². The van der Waals surface area contributed by atoms with Crippen LogP contribution in [0.1, 0.15) is 92.9 Å². The summed E-state index contributed by atoms with van der Waals surface area (Å²) in [6.07, 6.45) is 6.05. The molecule has 0 aromatic heterocycles. The molecule has 4 fully saturated rings. The van der Waals surface area contributed by atoms with Crippen molar-refractivity contribution in [2.24, 2.45) is 58.2 Å². The molecule has 0 unspecified atom stereocenters. The van der Waals surface area contributed by atoms with E-state index >= 15 is 0 Å². The van der Waals surface area contributed by atoms with Crippen LogP contribution in [0.3, 0.4) is 0 Å². The fourth-order valence-corrected chi connectivity index (χ4v) is 9.18. The second kappa shape index (κ2) is 8.64. The van der Waals surface area contributed by atoms with Crippen molar-refractivity contribution in [1.29, 1.82) is 0 Å². The van der Waals surface area contributed by atoms with E-state index in [1.807, 2.05) is 6.92 Å². The van der Waals surface area contributed by atoms with Gasteiger partial charge in [0.1, 0.15) is 5.78 Å². The lowest BCUT2D eigenvalue weighted by Crippen LogP contribution is -2.57. The monoisotopic (exact) mass is 448 g/mol. The predicted octanol–water partition coefficient (Wildman–Crippen LogP) is 4.84. The molecule has 3 N–H and O–H groups in total. The molecule has 4 aliphatic carbocycles. The van der Waals surface area contributed by atoms with Crippen LogP contribution in [0.25, 0.3) is 0 Å². The van der Waals surface area contributed by atoms with Crippen molar-refractivity contribution in [3.8, 4) is 0 Å². The Morgan fingerprint density at radius 1 is 0.875 bits per heavy atom. The minimum atomic E-state index is -0.694. The maximum atomic E-state index is 13.3. The van der Waals surface area contributed by atoms with Gasteiger partial charge < -0.3 is 15.3 Å². The van der Waals surface area contributed by atoms with E-state index in [2.05, 4.69) is 34.6 Å². The lowest BCUT2D eigenvalue weighted by molar-refractivity contribution is -0.161. The summed E-state index contributed by atoms with van der Waals surface area (Å²) in [5.41, 5.74) is 0.187. The van der Waals surface area contributed by atoms with Gasteiger partial charge in [0.15, 0.2) is 0 Å². The highest BCUT2D eigenvalue weighted by Gasteiger charge is 2.63. The molecule has 0 aliphatic heterocycles. The van der Waals surface area contributed by atoms with Crippen LogP contribution < -0.4 is 0 Å². The first-order valence-corrected chi connectivity index (χ1v) is 13.5. The van der Waals surface area contributed by atoms with Crippen molar-refractivity contribution in [2.75, 3.05) is 0 Å². The second-order valence-electron chi connectivity index (χ2n) is 13.2. The first-order chi connectivity index (χ1) is 14.9. The summed E-state index contributed by atoms with van der Waals surface area (Å²) in [5, 5.41) is 32.2. The van der Waals surface area contributed by atoms with E-state index in [1.54, 1.807) is 0 Å². The predicted molar refractivity (Wildman–Crippen MR) is 127 cm³/mol. The van der Waals surface area contributed by atoms with Gasteiger partial charge in [0, 0.05) is 12.3 Å². The van der Waals surface area contributed by atoms with E-state index in [9.17, 15) is 20.1 Å². The number of fused-ring (bicyclic) bond motifs is 5. The molecule has 184 valence electrons. The Kier molecular flexibility index (Phi) is 6.66. The first-order valence-electron chi connectivity index (χ1n) is 13.5. The quantitative estimate of drug-likeness (QED) is 0.563. The summed E-state index contributed by atoms with van der Waals surface area (Å²) in [6.45, 7) is 13.2. The molecule has 4 heteroatoms. The Labute approximate surface area is 195 Å². The number of hydrogen-bond acceptors (Lipinski definition) is 4. The fourth-order valence-electron chi connectivity index (χ4n) is 9.18. The fraction of sp³-hybridized carbons (Fsp3) is 0.964. The van der Waals surface area contributed by atoms with Gasteiger partial charge in [-0.25, -0.2) is 0 Å². The zero-order chi connectivity index (χ0) is 23.6. The van der Waals surface area contributed by atoms with Gasteiger partial charge >= 0.3 is 0 Å². The molecule has 4 rings (SSSR count). The summed E-state index contributed by atoms with van der Waals surface area (Å²) in [5.74, 6) is 2.88. The van der Waals surface area contributed by atoms with Crippen molar-refractivity contribution in [3.63, 3.8) is 0 Å². The summed E-state index contributed by atoms with van der Waals surface area (Å²) in [4.78, 5) is 13.3. The summed E-state index contributed by atoms with van der Waals surface area (Å²) < 4.78 is 0. The smallest absolute Gasteiger partial charge is 0.136 e. The molecular weight excluding hydrogens is 400 g/mol. The van der Waals surface area contributed by atoms with Crippen molar-refractivity contribution in [2.45, 2.75) is 111 Å². The highest BCUT2D eigenvalue weighted by molar-refractivity contribution is 5.83. The minimum Gasteiger partial charge on any atom is -0.393 e. The van der Waals surface area contributed by atoms with Crippen LogP contribution >= 0.6 is 0 Å². The van der Waals surface area contributed by atoms with Crippen molar-refractivity contribution < 1.29 is 20.1 Å². The topological polar surface area (TPSA) is 77.8 Å². The maximum Gasteiger partial charge on any atom is 0.136 e. The number of rotatable bonds is 5. The van der Waals surface area contributed by atoms with E-state index < -0.39 is 12.2 Å². The standard InChI is InChI=1S/C28H48O4/c1-15(2)16(3)25(31)26(32)17(4)20-7-8-21-19-14-24(30)23-13-18(29)9-11-28(23,6)22(19)10-12-27(20,21)5/h15-23,25-26,29,31-32H,7-14H2,1-6H3/t16-,17-,18+,19-,20+,21-,22-,23+,25+,26+,27+,28+/m0/s1. The van der Waals surface area contributed by atoms with Crippen molar-refractivity contribution >= 4 is 5.78 Å². The van der Waals surface area contributed by atoms with E-state index in [-0.39, 0.29) is 34.7 Å². The average molecular weight is 449 g/mol.